The molecule has 0 amide bonds. The number of hydrogen-bond donors (Lipinski definition) is 0. The Bertz CT molecular complexity index is 1540. The van der Waals surface area contributed by atoms with E-state index in [1.54, 1.807) is 15.6 Å². The number of nitrogens with zero attached hydrogens (tertiary/aromatic N) is 7. The van der Waals surface area contributed by atoms with Gasteiger partial charge >= 0.3 is 6.18 Å². The third-order valence-electron chi connectivity index (χ3n) is 5.49. The first-order valence-electron chi connectivity index (χ1n) is 11.3. The van der Waals surface area contributed by atoms with Crippen molar-refractivity contribution in [2.75, 3.05) is 12.0 Å². The van der Waals surface area contributed by atoms with Crippen LogP contribution < -0.4 is 9.64 Å². The lowest BCUT2D eigenvalue weighted by molar-refractivity contribution is -0.141. The van der Waals surface area contributed by atoms with Gasteiger partial charge in [-0.05, 0) is 55.8 Å². The van der Waals surface area contributed by atoms with Gasteiger partial charge in [0, 0.05) is 30.2 Å². The van der Waals surface area contributed by atoms with E-state index in [0.29, 0.717) is 23.2 Å². The maximum absolute atomic E-state index is 13.2. The summed E-state index contributed by atoms with van der Waals surface area (Å²) in [5.74, 6) is 2.07. The molecule has 37 heavy (non-hydrogen) atoms. The van der Waals surface area contributed by atoms with Crippen molar-refractivity contribution in [3.05, 3.63) is 96.1 Å². The molecule has 0 N–H and O–H groups in total. The number of benzene rings is 1. The molecule has 0 radical (unpaired) electrons. The molecular formula is C26H22F3N7O. The van der Waals surface area contributed by atoms with Gasteiger partial charge in [-0.2, -0.15) is 23.4 Å². The van der Waals surface area contributed by atoms with Crippen molar-refractivity contribution >= 4 is 17.3 Å². The highest BCUT2D eigenvalue weighted by molar-refractivity contribution is 5.74. The minimum absolute atomic E-state index is 0.154. The Kier molecular flexibility index (Phi) is 6.12. The summed E-state index contributed by atoms with van der Waals surface area (Å²) in [6, 6.07) is 19.2. The van der Waals surface area contributed by atoms with Crippen LogP contribution in [0.1, 0.15) is 17.0 Å². The number of aromatic nitrogens is 6. The summed E-state index contributed by atoms with van der Waals surface area (Å²) in [5.41, 5.74) is 1.50. The second kappa shape index (κ2) is 9.41. The summed E-state index contributed by atoms with van der Waals surface area (Å²) in [6.07, 6.45) is -1.54. The topological polar surface area (TPSA) is 73.9 Å². The summed E-state index contributed by atoms with van der Waals surface area (Å²) < 4.78 is 47.8. The molecule has 1 aromatic carbocycles. The summed E-state index contributed by atoms with van der Waals surface area (Å²) in [5, 5.41) is 8.14. The number of anilines is 3. The van der Waals surface area contributed by atoms with Crippen LogP contribution in [0.25, 0.3) is 11.6 Å². The fourth-order valence-corrected chi connectivity index (χ4v) is 3.79. The Morgan fingerprint density at radius 1 is 0.784 bits per heavy atom. The Morgan fingerprint density at radius 2 is 1.43 bits per heavy atom. The first-order valence-corrected chi connectivity index (χ1v) is 11.3. The van der Waals surface area contributed by atoms with Gasteiger partial charge in [0.1, 0.15) is 17.4 Å². The molecule has 0 fully saturated rings. The van der Waals surface area contributed by atoms with E-state index < -0.39 is 11.9 Å². The molecule has 5 aromatic rings. The van der Waals surface area contributed by atoms with Crippen LogP contribution in [-0.2, 0) is 6.18 Å². The van der Waals surface area contributed by atoms with E-state index in [1.807, 2.05) is 68.6 Å². The van der Waals surface area contributed by atoms with Crippen molar-refractivity contribution in [1.82, 2.24) is 29.5 Å². The molecule has 188 valence electrons. The third kappa shape index (κ3) is 5.01. The van der Waals surface area contributed by atoms with Gasteiger partial charge in [-0.1, -0.05) is 18.2 Å². The van der Waals surface area contributed by atoms with E-state index in [9.17, 15) is 13.2 Å². The second-order valence-corrected chi connectivity index (χ2v) is 8.30. The first-order chi connectivity index (χ1) is 17.7. The van der Waals surface area contributed by atoms with Gasteiger partial charge in [-0.15, -0.1) is 0 Å². The number of pyridine rings is 2. The molecule has 0 aliphatic heterocycles. The zero-order valence-corrected chi connectivity index (χ0v) is 20.2. The number of para-hydroxylation sites is 1. The monoisotopic (exact) mass is 505 g/mol. The third-order valence-corrected chi connectivity index (χ3v) is 5.49. The minimum atomic E-state index is -4.57. The van der Waals surface area contributed by atoms with Crippen LogP contribution in [0.5, 0.6) is 5.75 Å². The van der Waals surface area contributed by atoms with E-state index in [-0.39, 0.29) is 5.82 Å². The molecule has 0 unspecified atom stereocenters. The molecule has 0 saturated heterocycles. The van der Waals surface area contributed by atoms with Crippen molar-refractivity contribution in [3.8, 4) is 17.4 Å². The van der Waals surface area contributed by atoms with Crippen LogP contribution in [-0.4, -0.2) is 36.6 Å². The Hall–Kier alpha value is -4.67. The van der Waals surface area contributed by atoms with Crippen LogP contribution in [0.3, 0.4) is 0 Å². The second-order valence-electron chi connectivity index (χ2n) is 8.30. The highest BCUT2D eigenvalue weighted by Crippen LogP contribution is 2.36. The zero-order chi connectivity index (χ0) is 26.2. The fraction of sp³-hybridized carbons (Fsp3) is 0.154. The van der Waals surface area contributed by atoms with Gasteiger partial charge in [0.15, 0.2) is 17.3 Å². The van der Waals surface area contributed by atoms with Gasteiger partial charge in [-0.25, -0.2) is 19.3 Å². The number of methoxy groups -OCH3 is 1. The van der Waals surface area contributed by atoms with Crippen LogP contribution in [0.15, 0.2) is 79.1 Å². The van der Waals surface area contributed by atoms with Gasteiger partial charge < -0.3 is 4.74 Å². The summed E-state index contributed by atoms with van der Waals surface area (Å²) >= 11 is 0. The molecule has 4 heterocycles. The number of hydrogen-bond acceptors (Lipinski definition) is 6. The molecule has 5 rings (SSSR count). The number of halogens is 3. The largest absolute Gasteiger partial charge is 0.496 e. The van der Waals surface area contributed by atoms with Crippen molar-refractivity contribution in [2.24, 2.45) is 0 Å². The number of aryl methyl sites for hydroxylation is 2. The van der Waals surface area contributed by atoms with Gasteiger partial charge in [-0.3, -0.25) is 4.90 Å². The van der Waals surface area contributed by atoms with Crippen molar-refractivity contribution in [2.45, 2.75) is 20.0 Å². The smallest absolute Gasteiger partial charge is 0.435 e. The van der Waals surface area contributed by atoms with E-state index in [1.165, 1.54) is 19.4 Å². The van der Waals surface area contributed by atoms with Crippen LogP contribution in [0, 0.1) is 13.8 Å². The van der Waals surface area contributed by atoms with Gasteiger partial charge in [0.05, 0.1) is 12.8 Å². The summed E-state index contributed by atoms with van der Waals surface area (Å²) in [4.78, 5) is 11.3. The molecule has 4 aromatic heterocycles. The van der Waals surface area contributed by atoms with Crippen LogP contribution >= 0.6 is 0 Å². The van der Waals surface area contributed by atoms with E-state index in [0.717, 1.165) is 27.7 Å². The van der Waals surface area contributed by atoms with E-state index in [4.69, 9.17) is 9.72 Å². The lowest BCUT2D eigenvalue weighted by Gasteiger charge is -2.25. The molecule has 0 spiro atoms. The molecule has 8 nitrogen and oxygen atoms in total. The fourth-order valence-electron chi connectivity index (χ4n) is 3.79. The summed E-state index contributed by atoms with van der Waals surface area (Å²) in [7, 11) is 1.48. The number of rotatable bonds is 6. The summed E-state index contributed by atoms with van der Waals surface area (Å²) in [6.45, 7) is 3.84. The van der Waals surface area contributed by atoms with Crippen LogP contribution in [0.4, 0.5) is 30.5 Å². The maximum Gasteiger partial charge on any atom is 0.435 e. The molecule has 0 aliphatic rings. The van der Waals surface area contributed by atoms with E-state index >= 15 is 0 Å². The molecular weight excluding hydrogens is 483 g/mol. The lowest BCUT2D eigenvalue weighted by atomic mass is 10.2. The molecule has 0 atom stereocenters. The Morgan fingerprint density at radius 3 is 2.05 bits per heavy atom. The highest BCUT2D eigenvalue weighted by Gasteiger charge is 2.34. The average Bonchev–Trinajstić information content (AvgIpc) is 3.54. The van der Waals surface area contributed by atoms with Crippen molar-refractivity contribution in [1.29, 1.82) is 0 Å². The first kappa shape index (κ1) is 24.0. The highest BCUT2D eigenvalue weighted by atomic mass is 19.4. The molecule has 0 aliphatic carbocycles. The van der Waals surface area contributed by atoms with Crippen molar-refractivity contribution in [3.63, 3.8) is 0 Å². The predicted octanol–water partition coefficient (Wildman–Crippen LogP) is 5.96. The molecule has 11 heteroatoms. The average molecular weight is 506 g/mol. The normalized spacial score (nSPS) is 11.5. The Labute approximate surface area is 210 Å². The lowest BCUT2D eigenvalue weighted by Crippen LogP contribution is -2.16. The maximum atomic E-state index is 13.2. The quantitative estimate of drug-likeness (QED) is 0.283. The zero-order valence-electron chi connectivity index (χ0n) is 20.2. The molecule has 0 bridgehead atoms. The standard InChI is InChI=1S/C26H22F3N7O/c1-17-13-22(34-11-9-18(2)32-34)30-24(14-17)36(19-7-5-4-6-8-19)25-16-20(37-3)15-23(31-25)35-12-10-21(33-35)26(27,28)29/h4-16H,1-3H3. The van der Waals surface area contributed by atoms with Crippen LogP contribution in [0.2, 0.25) is 0 Å². The molecule has 0 saturated carbocycles. The number of alkyl halides is 3. The Balaban J connectivity index is 1.68. The van der Waals surface area contributed by atoms with Gasteiger partial charge in [0.2, 0.25) is 0 Å². The number of ether oxygens (including phenoxy) is 1. The van der Waals surface area contributed by atoms with Gasteiger partial charge in [0.25, 0.3) is 0 Å². The van der Waals surface area contributed by atoms with Crippen molar-refractivity contribution < 1.29 is 17.9 Å². The minimum Gasteiger partial charge on any atom is -0.496 e. The SMILES string of the molecule is COc1cc(N(c2ccccc2)c2cc(C)cc(-n3ccc(C)n3)n2)nc(-n2ccc(C(F)(F)F)n2)c1. The van der Waals surface area contributed by atoms with E-state index in [2.05, 4.69) is 15.2 Å². The predicted molar refractivity (Wildman–Crippen MR) is 132 cm³/mol.